The van der Waals surface area contributed by atoms with Crippen LogP contribution in [0, 0.1) is 23.7 Å². The van der Waals surface area contributed by atoms with Gasteiger partial charge in [0.25, 0.3) is 0 Å². The number of hydrogen-bond acceptors (Lipinski definition) is 6. The van der Waals surface area contributed by atoms with Crippen molar-refractivity contribution in [3.8, 4) is 22.5 Å². The topological polar surface area (TPSA) is 101 Å². The first-order valence-corrected chi connectivity index (χ1v) is 16.3. The Kier molecular flexibility index (Phi) is 7.28. The number of esters is 1. The van der Waals surface area contributed by atoms with Gasteiger partial charge in [-0.1, -0.05) is 109 Å². The zero-order valence-corrected chi connectivity index (χ0v) is 26.1. The van der Waals surface area contributed by atoms with Gasteiger partial charge in [-0.3, -0.25) is 4.79 Å². The second-order valence-corrected chi connectivity index (χ2v) is 12.7. The molecule has 1 amide bonds. The summed E-state index contributed by atoms with van der Waals surface area (Å²) >= 11 is 0. The highest BCUT2D eigenvalue weighted by molar-refractivity contribution is 5.91. The number of H-pyrrole nitrogens is 1. The van der Waals surface area contributed by atoms with E-state index >= 15 is 0 Å². The van der Waals surface area contributed by atoms with E-state index in [1.54, 1.807) is 6.08 Å². The Bertz CT molecular complexity index is 1900. The second-order valence-electron chi connectivity index (χ2n) is 12.7. The largest absolute Gasteiger partial charge is 0.463 e. The third-order valence-electron chi connectivity index (χ3n) is 10.6. The van der Waals surface area contributed by atoms with Gasteiger partial charge in [0.15, 0.2) is 0 Å². The van der Waals surface area contributed by atoms with Crippen molar-refractivity contribution in [3.05, 3.63) is 138 Å². The molecule has 1 N–H and O–H groups in total. The number of hydrogen-bond donors (Lipinski definition) is 1. The van der Waals surface area contributed by atoms with Gasteiger partial charge in [-0.15, -0.1) is 10.2 Å². The number of tetrazole rings is 1. The van der Waals surface area contributed by atoms with Gasteiger partial charge in [-0.05, 0) is 64.6 Å². The summed E-state index contributed by atoms with van der Waals surface area (Å²) < 4.78 is 5.42. The number of likely N-dealkylation sites (tertiary alicyclic amines) is 1. The second kappa shape index (κ2) is 11.8. The Morgan fingerprint density at radius 3 is 2.09 bits per heavy atom. The van der Waals surface area contributed by atoms with Crippen LogP contribution in [0.25, 0.3) is 22.5 Å². The van der Waals surface area contributed by atoms with Crippen molar-refractivity contribution < 1.29 is 14.3 Å². The van der Waals surface area contributed by atoms with Crippen molar-refractivity contribution in [1.82, 2.24) is 25.5 Å². The monoisotopic (exact) mass is 621 g/mol. The third kappa shape index (κ3) is 4.61. The average molecular weight is 622 g/mol. The van der Waals surface area contributed by atoms with Crippen LogP contribution >= 0.6 is 0 Å². The predicted molar refractivity (Wildman–Crippen MR) is 177 cm³/mol. The number of amides is 1. The number of aromatic nitrogens is 4. The molecule has 1 aromatic heterocycles. The molecule has 2 saturated carbocycles. The molecule has 47 heavy (non-hydrogen) atoms. The number of aromatic amines is 1. The SMILES string of the molecule is CCOC(=O)/C=C1\C2C(C(=O)N1Cc1ccc(-c3ccccc3-c3nn[nH]n3)cc1)C1CCC2C1(c1ccccc1)c1ccccc1. The Morgan fingerprint density at radius 2 is 1.47 bits per heavy atom. The van der Waals surface area contributed by atoms with E-state index in [4.69, 9.17) is 4.74 Å². The summed E-state index contributed by atoms with van der Waals surface area (Å²) in [6.07, 6.45) is 3.56. The van der Waals surface area contributed by atoms with Crippen LogP contribution in [-0.4, -0.2) is 44.0 Å². The summed E-state index contributed by atoms with van der Waals surface area (Å²) in [4.78, 5) is 29.6. The van der Waals surface area contributed by atoms with Crippen LogP contribution in [0.1, 0.15) is 36.5 Å². The molecule has 8 rings (SSSR count). The van der Waals surface area contributed by atoms with E-state index in [1.165, 1.54) is 11.1 Å². The minimum atomic E-state index is -0.401. The van der Waals surface area contributed by atoms with Crippen LogP contribution in [0.3, 0.4) is 0 Å². The fraction of sp³-hybridized carbons (Fsp3) is 0.256. The van der Waals surface area contributed by atoms with Gasteiger partial charge in [-0.2, -0.15) is 5.21 Å². The minimum Gasteiger partial charge on any atom is -0.463 e. The Morgan fingerprint density at radius 1 is 0.851 bits per heavy atom. The highest BCUT2D eigenvalue weighted by atomic mass is 16.5. The Balaban J connectivity index is 1.16. The number of benzene rings is 4. The van der Waals surface area contributed by atoms with Gasteiger partial charge in [0, 0.05) is 28.7 Å². The summed E-state index contributed by atoms with van der Waals surface area (Å²) in [5.74, 6) is 0.227. The van der Waals surface area contributed by atoms with Crippen LogP contribution in [0.2, 0.25) is 0 Å². The molecule has 3 aliphatic rings. The van der Waals surface area contributed by atoms with Crippen molar-refractivity contribution in [1.29, 1.82) is 0 Å². The number of fused-ring (bicyclic) bond motifs is 5. The molecule has 2 aliphatic carbocycles. The van der Waals surface area contributed by atoms with Crippen molar-refractivity contribution in [2.45, 2.75) is 31.7 Å². The first-order chi connectivity index (χ1) is 23.1. The molecule has 8 nitrogen and oxygen atoms in total. The predicted octanol–water partition coefficient (Wildman–Crippen LogP) is 6.58. The Labute approximate surface area is 273 Å². The average Bonchev–Trinajstić information content (AvgIpc) is 3.90. The maximum Gasteiger partial charge on any atom is 0.332 e. The fourth-order valence-electron chi connectivity index (χ4n) is 9.00. The lowest BCUT2D eigenvalue weighted by atomic mass is 9.65. The number of rotatable bonds is 8. The summed E-state index contributed by atoms with van der Waals surface area (Å²) in [5, 5.41) is 14.6. The van der Waals surface area contributed by atoms with E-state index < -0.39 is 5.97 Å². The number of nitrogens with one attached hydrogen (secondary N) is 1. The number of nitrogens with zero attached hydrogens (tertiary/aromatic N) is 4. The highest BCUT2D eigenvalue weighted by Crippen LogP contribution is 2.70. The van der Waals surface area contributed by atoms with E-state index in [0.717, 1.165) is 40.8 Å². The van der Waals surface area contributed by atoms with Crippen LogP contribution < -0.4 is 0 Å². The minimum absolute atomic E-state index is 0.0767. The van der Waals surface area contributed by atoms with E-state index in [-0.39, 0.29) is 41.6 Å². The van der Waals surface area contributed by atoms with Crippen molar-refractivity contribution in [2.75, 3.05) is 6.61 Å². The van der Waals surface area contributed by atoms with Gasteiger partial charge in [0.2, 0.25) is 11.7 Å². The standard InChI is InChI=1S/C39H35N5O3/c1-2-47-34(45)23-33-35-31-21-22-32(39(31,27-11-5-3-6-12-27)28-13-7-4-8-14-28)36(35)38(46)44(33)24-25-17-19-26(20-18-25)29-15-9-10-16-30(29)37-40-42-43-41-37/h3-20,23,31-32,35-36H,2,21-22,24H2,1H3,(H,40,41,42,43)/b33-23+. The Hall–Kier alpha value is -5.37. The van der Waals surface area contributed by atoms with Gasteiger partial charge in [0.1, 0.15) is 0 Å². The smallest absolute Gasteiger partial charge is 0.332 e. The molecule has 4 atom stereocenters. The molecule has 8 heteroatoms. The van der Waals surface area contributed by atoms with E-state index in [9.17, 15) is 9.59 Å². The van der Waals surface area contributed by atoms with E-state index in [2.05, 4.69) is 93.4 Å². The molecule has 5 aromatic rings. The van der Waals surface area contributed by atoms with Crippen molar-refractivity contribution in [3.63, 3.8) is 0 Å². The highest BCUT2D eigenvalue weighted by Gasteiger charge is 2.70. The van der Waals surface area contributed by atoms with E-state index in [1.807, 2.05) is 48.2 Å². The summed E-state index contributed by atoms with van der Waals surface area (Å²) in [5.41, 5.74) is 6.85. The zero-order chi connectivity index (χ0) is 32.0. The zero-order valence-electron chi connectivity index (χ0n) is 26.1. The molecule has 2 bridgehead atoms. The normalized spacial score (nSPS) is 23.3. The first kappa shape index (κ1) is 29.1. The van der Waals surface area contributed by atoms with Crippen molar-refractivity contribution >= 4 is 11.9 Å². The maximum absolute atomic E-state index is 14.7. The van der Waals surface area contributed by atoms with Gasteiger partial charge < -0.3 is 9.64 Å². The molecule has 2 heterocycles. The number of allylic oxidation sites excluding steroid dienone is 1. The molecule has 234 valence electrons. The molecule has 1 saturated heterocycles. The summed E-state index contributed by atoms with van der Waals surface area (Å²) in [7, 11) is 0. The van der Waals surface area contributed by atoms with Crippen LogP contribution in [0.4, 0.5) is 0 Å². The molecule has 0 radical (unpaired) electrons. The summed E-state index contributed by atoms with van der Waals surface area (Å²) in [6, 6.07) is 37.5. The van der Waals surface area contributed by atoms with Crippen LogP contribution in [-0.2, 0) is 26.3 Å². The molecule has 1 aliphatic heterocycles. The lowest BCUT2D eigenvalue weighted by molar-refractivity contribution is -0.137. The lowest BCUT2D eigenvalue weighted by Gasteiger charge is -2.39. The van der Waals surface area contributed by atoms with Gasteiger partial charge in [0.05, 0.1) is 19.1 Å². The molecule has 3 fully saturated rings. The fourth-order valence-corrected chi connectivity index (χ4v) is 9.00. The first-order valence-electron chi connectivity index (χ1n) is 16.3. The van der Waals surface area contributed by atoms with Crippen LogP contribution in [0.15, 0.2) is 121 Å². The number of ether oxygens (including phenoxy) is 1. The molecule has 4 unspecified atom stereocenters. The van der Waals surface area contributed by atoms with Crippen LogP contribution in [0.5, 0.6) is 0 Å². The number of carbonyl (C=O) groups is 2. The van der Waals surface area contributed by atoms with Gasteiger partial charge in [-0.25, -0.2) is 4.79 Å². The van der Waals surface area contributed by atoms with E-state index in [0.29, 0.717) is 12.4 Å². The summed E-state index contributed by atoms with van der Waals surface area (Å²) in [6.45, 7) is 2.47. The molecule has 4 aromatic carbocycles. The van der Waals surface area contributed by atoms with Gasteiger partial charge >= 0.3 is 5.97 Å². The lowest BCUT2D eigenvalue weighted by Crippen LogP contribution is -2.39. The molecule has 0 spiro atoms. The number of carbonyl (C=O) groups excluding carboxylic acids is 2. The quantitative estimate of drug-likeness (QED) is 0.155. The molecular formula is C39H35N5O3. The molecular weight excluding hydrogens is 586 g/mol. The maximum atomic E-state index is 14.7. The van der Waals surface area contributed by atoms with Crippen molar-refractivity contribution in [2.24, 2.45) is 23.7 Å². The third-order valence-corrected chi connectivity index (χ3v) is 10.6.